The molecule has 94 valence electrons. The summed E-state index contributed by atoms with van der Waals surface area (Å²) in [5.41, 5.74) is -0.737. The summed E-state index contributed by atoms with van der Waals surface area (Å²) in [7, 11) is 0. The van der Waals surface area contributed by atoms with Gasteiger partial charge in [-0.2, -0.15) is 13.2 Å². The minimum absolute atomic E-state index is 0.162. The number of ether oxygens (including phenoxy) is 1. The number of benzene rings is 1. The number of rotatable bonds is 4. The Balaban J connectivity index is 2.93. The fourth-order valence-electron chi connectivity index (χ4n) is 1.13. The summed E-state index contributed by atoms with van der Waals surface area (Å²) in [6.07, 6.45) is -4.36. The van der Waals surface area contributed by atoms with E-state index in [1.807, 2.05) is 0 Å². The normalized spacial score (nSPS) is 11.4. The lowest BCUT2D eigenvalue weighted by Gasteiger charge is -2.08. The quantitative estimate of drug-likeness (QED) is 0.605. The molecule has 6 heteroatoms. The van der Waals surface area contributed by atoms with E-state index in [2.05, 4.69) is 0 Å². The molecule has 0 aliphatic heterocycles. The first-order valence-electron chi connectivity index (χ1n) is 4.90. The molecule has 0 aliphatic carbocycles. The second kappa shape index (κ2) is 5.16. The van der Waals surface area contributed by atoms with E-state index in [-0.39, 0.29) is 12.4 Å². The molecule has 0 heterocycles. The zero-order chi connectivity index (χ0) is 13.1. The van der Waals surface area contributed by atoms with Crippen molar-refractivity contribution in [3.8, 4) is 5.75 Å². The molecular formula is C11H10F4O2. The van der Waals surface area contributed by atoms with Crippen LogP contribution in [0.4, 0.5) is 17.6 Å². The van der Waals surface area contributed by atoms with Gasteiger partial charge in [0.25, 0.3) is 5.78 Å². The molecule has 0 amide bonds. The van der Waals surface area contributed by atoms with Crippen molar-refractivity contribution in [2.45, 2.75) is 19.5 Å². The predicted molar refractivity (Wildman–Crippen MR) is 52.6 cm³/mol. The van der Waals surface area contributed by atoms with Gasteiger partial charge >= 0.3 is 6.18 Å². The number of hydrogen-bond acceptors (Lipinski definition) is 2. The highest BCUT2D eigenvalue weighted by Gasteiger charge is 2.39. The van der Waals surface area contributed by atoms with Crippen LogP contribution in [-0.2, 0) is 0 Å². The van der Waals surface area contributed by atoms with Crippen LogP contribution in [0.3, 0.4) is 0 Å². The van der Waals surface area contributed by atoms with Crippen LogP contribution in [-0.4, -0.2) is 18.6 Å². The molecular weight excluding hydrogens is 240 g/mol. The van der Waals surface area contributed by atoms with Crippen molar-refractivity contribution < 1.29 is 27.1 Å². The molecule has 0 aliphatic rings. The summed E-state index contributed by atoms with van der Waals surface area (Å²) in [4.78, 5) is 10.8. The standard InChI is InChI=1S/C11H10F4O2/c1-2-5-17-9-4-3-7(6-8(9)12)10(16)11(13,14)15/h3-4,6H,2,5H2,1H3. The van der Waals surface area contributed by atoms with Crippen molar-refractivity contribution in [1.29, 1.82) is 0 Å². The third-order valence-electron chi connectivity index (χ3n) is 1.91. The topological polar surface area (TPSA) is 26.3 Å². The Morgan fingerprint density at radius 3 is 2.47 bits per heavy atom. The van der Waals surface area contributed by atoms with E-state index in [9.17, 15) is 22.4 Å². The van der Waals surface area contributed by atoms with E-state index in [1.54, 1.807) is 6.92 Å². The molecule has 0 bridgehead atoms. The zero-order valence-corrected chi connectivity index (χ0v) is 8.97. The number of ketones is 1. The smallest absolute Gasteiger partial charge is 0.454 e. The molecule has 2 nitrogen and oxygen atoms in total. The molecule has 0 N–H and O–H groups in total. The zero-order valence-electron chi connectivity index (χ0n) is 8.97. The summed E-state index contributed by atoms with van der Waals surface area (Å²) >= 11 is 0. The summed E-state index contributed by atoms with van der Waals surface area (Å²) in [6.45, 7) is 2.06. The SMILES string of the molecule is CCCOc1ccc(C(=O)C(F)(F)F)cc1F. The number of hydrogen-bond donors (Lipinski definition) is 0. The van der Waals surface area contributed by atoms with E-state index < -0.39 is 23.3 Å². The highest BCUT2D eigenvalue weighted by molar-refractivity contribution is 6.00. The van der Waals surface area contributed by atoms with Crippen LogP contribution in [0.5, 0.6) is 5.75 Å². The van der Waals surface area contributed by atoms with Crippen LogP contribution < -0.4 is 4.74 Å². The van der Waals surface area contributed by atoms with Gasteiger partial charge in [0.15, 0.2) is 11.6 Å². The maximum absolute atomic E-state index is 13.3. The van der Waals surface area contributed by atoms with E-state index in [0.717, 1.165) is 12.1 Å². The van der Waals surface area contributed by atoms with Crippen molar-refractivity contribution >= 4 is 5.78 Å². The van der Waals surface area contributed by atoms with Gasteiger partial charge in [0.1, 0.15) is 0 Å². The van der Waals surface area contributed by atoms with Gasteiger partial charge in [-0.15, -0.1) is 0 Å². The van der Waals surface area contributed by atoms with Crippen molar-refractivity contribution in [1.82, 2.24) is 0 Å². The Hall–Kier alpha value is -1.59. The van der Waals surface area contributed by atoms with Crippen LogP contribution in [0.2, 0.25) is 0 Å². The first-order chi connectivity index (χ1) is 7.86. The first kappa shape index (κ1) is 13.5. The summed E-state index contributed by atoms with van der Waals surface area (Å²) in [5, 5.41) is 0. The Bertz CT molecular complexity index is 412. The van der Waals surface area contributed by atoms with Crippen LogP contribution in [0.1, 0.15) is 23.7 Å². The van der Waals surface area contributed by atoms with Gasteiger partial charge in [-0.3, -0.25) is 4.79 Å². The van der Waals surface area contributed by atoms with Gasteiger partial charge in [0.2, 0.25) is 0 Å². The summed E-state index contributed by atoms with van der Waals surface area (Å²) in [6, 6.07) is 2.44. The van der Waals surface area contributed by atoms with E-state index >= 15 is 0 Å². The van der Waals surface area contributed by atoms with Crippen LogP contribution >= 0.6 is 0 Å². The lowest BCUT2D eigenvalue weighted by atomic mass is 10.1. The fourth-order valence-corrected chi connectivity index (χ4v) is 1.13. The van der Waals surface area contributed by atoms with Gasteiger partial charge in [0.05, 0.1) is 6.61 Å². The molecule has 17 heavy (non-hydrogen) atoms. The number of carbonyl (C=O) groups excluding carboxylic acids is 1. The van der Waals surface area contributed by atoms with Gasteiger partial charge in [-0.1, -0.05) is 6.92 Å². The lowest BCUT2D eigenvalue weighted by Crippen LogP contribution is -2.22. The van der Waals surface area contributed by atoms with Crippen molar-refractivity contribution in [3.63, 3.8) is 0 Å². The molecule has 0 unspecified atom stereocenters. The average molecular weight is 250 g/mol. The maximum atomic E-state index is 13.3. The Labute approximate surface area is 95.2 Å². The first-order valence-corrected chi connectivity index (χ1v) is 4.90. The van der Waals surface area contributed by atoms with E-state index in [0.29, 0.717) is 12.5 Å². The summed E-state index contributed by atoms with van der Waals surface area (Å²) < 4.78 is 54.4. The number of halogens is 4. The van der Waals surface area contributed by atoms with E-state index in [4.69, 9.17) is 4.74 Å². The fraction of sp³-hybridized carbons (Fsp3) is 0.364. The molecule has 1 aromatic rings. The minimum atomic E-state index is -5.00. The summed E-state index contributed by atoms with van der Waals surface area (Å²) in [5.74, 6) is -3.21. The number of alkyl halides is 3. The largest absolute Gasteiger partial charge is 0.491 e. The van der Waals surface area contributed by atoms with Crippen molar-refractivity contribution in [2.75, 3.05) is 6.61 Å². The van der Waals surface area contributed by atoms with Crippen molar-refractivity contribution in [2.24, 2.45) is 0 Å². The third kappa shape index (κ3) is 3.44. The van der Waals surface area contributed by atoms with Crippen LogP contribution in [0.15, 0.2) is 18.2 Å². The average Bonchev–Trinajstić information content (AvgIpc) is 2.25. The lowest BCUT2D eigenvalue weighted by molar-refractivity contribution is -0.0885. The van der Waals surface area contributed by atoms with Gasteiger partial charge in [-0.05, 0) is 24.6 Å². The maximum Gasteiger partial charge on any atom is 0.454 e. The highest BCUT2D eigenvalue weighted by Crippen LogP contribution is 2.25. The monoisotopic (exact) mass is 250 g/mol. The van der Waals surface area contributed by atoms with E-state index in [1.165, 1.54) is 0 Å². The molecule has 0 fully saturated rings. The molecule has 1 rings (SSSR count). The number of Topliss-reactive ketones (excluding diaryl/α,β-unsaturated/α-hetero) is 1. The third-order valence-corrected chi connectivity index (χ3v) is 1.91. The van der Waals surface area contributed by atoms with Gasteiger partial charge < -0.3 is 4.74 Å². The van der Waals surface area contributed by atoms with Gasteiger partial charge in [-0.25, -0.2) is 4.39 Å². The molecule has 0 aromatic heterocycles. The van der Waals surface area contributed by atoms with Crippen LogP contribution in [0, 0.1) is 5.82 Å². The highest BCUT2D eigenvalue weighted by atomic mass is 19.4. The minimum Gasteiger partial charge on any atom is -0.491 e. The molecule has 0 saturated carbocycles. The molecule has 0 saturated heterocycles. The second-order valence-corrected chi connectivity index (χ2v) is 3.32. The molecule has 1 aromatic carbocycles. The van der Waals surface area contributed by atoms with Crippen LogP contribution in [0.25, 0.3) is 0 Å². The second-order valence-electron chi connectivity index (χ2n) is 3.32. The molecule has 0 spiro atoms. The Morgan fingerprint density at radius 2 is 2.00 bits per heavy atom. The predicted octanol–water partition coefficient (Wildman–Crippen LogP) is 3.36. The molecule has 0 atom stereocenters. The Kier molecular flexibility index (Phi) is 4.09. The number of carbonyl (C=O) groups is 1. The van der Waals surface area contributed by atoms with Gasteiger partial charge in [0, 0.05) is 5.56 Å². The van der Waals surface area contributed by atoms with Crippen molar-refractivity contribution in [3.05, 3.63) is 29.6 Å². The Morgan fingerprint density at radius 1 is 1.35 bits per heavy atom. The molecule has 0 radical (unpaired) electrons.